The smallest absolute Gasteiger partial charge is 0.224 e. The van der Waals surface area contributed by atoms with Crippen molar-refractivity contribution in [2.24, 2.45) is 0 Å². The minimum Gasteiger partial charge on any atom is -0.224 e. The molecular weight excluding hydrogens is 227 g/mol. The van der Waals surface area contributed by atoms with E-state index in [4.69, 9.17) is 0 Å². The van der Waals surface area contributed by atoms with Gasteiger partial charge in [0.1, 0.15) is 10.7 Å². The lowest BCUT2D eigenvalue weighted by molar-refractivity contribution is -0.141. The van der Waals surface area contributed by atoms with Gasteiger partial charge in [-0.2, -0.15) is 18.3 Å². The molecule has 80 valence electrons. The van der Waals surface area contributed by atoms with Crippen LogP contribution in [0, 0.1) is 0 Å². The van der Waals surface area contributed by atoms with Crippen molar-refractivity contribution in [3.63, 3.8) is 0 Å². The lowest BCUT2D eigenvalue weighted by atomic mass is 10.4. The summed E-state index contributed by atoms with van der Waals surface area (Å²) in [4.78, 5) is 3.48. The second-order valence-corrected chi connectivity index (χ2v) is 3.63. The van der Waals surface area contributed by atoms with Crippen molar-refractivity contribution in [3.05, 3.63) is 24.0 Å². The quantitative estimate of drug-likeness (QED) is 0.709. The molecule has 2 rings (SSSR count). The standard InChI is InChI=1S/C8H6F3N3S/c1-15-7-4-6-12-5(8(9,10)11)2-3-14(6)13-7/h2-4H,1H3. The molecule has 0 radical (unpaired) electrons. The Labute approximate surface area is 87.3 Å². The maximum absolute atomic E-state index is 12.3. The van der Waals surface area contributed by atoms with E-state index in [0.717, 1.165) is 6.07 Å². The van der Waals surface area contributed by atoms with Gasteiger partial charge in [0.15, 0.2) is 5.65 Å². The molecule has 0 aliphatic carbocycles. The van der Waals surface area contributed by atoms with Crippen LogP contribution < -0.4 is 0 Å². The molecule has 0 aliphatic heterocycles. The van der Waals surface area contributed by atoms with Gasteiger partial charge in [0, 0.05) is 12.3 Å². The number of nitrogens with zero attached hydrogens (tertiary/aromatic N) is 3. The first-order chi connectivity index (χ1) is 7.00. The highest BCUT2D eigenvalue weighted by Crippen LogP contribution is 2.27. The number of hydrogen-bond donors (Lipinski definition) is 0. The van der Waals surface area contributed by atoms with Crippen LogP contribution in [0.25, 0.3) is 5.65 Å². The van der Waals surface area contributed by atoms with E-state index in [1.165, 1.54) is 28.5 Å². The molecule has 2 aromatic rings. The molecule has 0 saturated heterocycles. The van der Waals surface area contributed by atoms with Gasteiger partial charge in [0.05, 0.1) is 0 Å². The Morgan fingerprint density at radius 3 is 2.73 bits per heavy atom. The van der Waals surface area contributed by atoms with Crippen LogP contribution in [0.3, 0.4) is 0 Å². The highest BCUT2D eigenvalue weighted by Gasteiger charge is 2.32. The summed E-state index contributed by atoms with van der Waals surface area (Å²) in [7, 11) is 0. The second-order valence-electron chi connectivity index (χ2n) is 2.80. The number of fused-ring (bicyclic) bond motifs is 1. The molecule has 7 heteroatoms. The third kappa shape index (κ3) is 1.92. The molecule has 0 spiro atoms. The van der Waals surface area contributed by atoms with Crippen molar-refractivity contribution in [3.8, 4) is 0 Å². The van der Waals surface area contributed by atoms with E-state index in [2.05, 4.69) is 10.1 Å². The first-order valence-corrected chi connectivity index (χ1v) is 5.21. The van der Waals surface area contributed by atoms with E-state index >= 15 is 0 Å². The Bertz CT molecular complexity index is 491. The predicted octanol–water partition coefficient (Wildman–Crippen LogP) is 2.47. The second kappa shape index (κ2) is 3.41. The van der Waals surface area contributed by atoms with E-state index in [-0.39, 0.29) is 5.65 Å². The summed E-state index contributed by atoms with van der Waals surface area (Å²) in [5, 5.41) is 4.64. The van der Waals surface area contributed by atoms with Gasteiger partial charge in [0.2, 0.25) is 0 Å². The molecule has 0 N–H and O–H groups in total. The number of thioether (sulfide) groups is 1. The molecule has 0 unspecified atom stereocenters. The summed E-state index contributed by atoms with van der Waals surface area (Å²) >= 11 is 1.35. The minimum absolute atomic E-state index is 0.203. The summed E-state index contributed by atoms with van der Waals surface area (Å²) in [6.45, 7) is 0. The predicted molar refractivity (Wildman–Crippen MR) is 49.8 cm³/mol. The maximum Gasteiger partial charge on any atom is 0.433 e. The van der Waals surface area contributed by atoms with Gasteiger partial charge in [-0.25, -0.2) is 9.50 Å². The Morgan fingerprint density at radius 2 is 2.13 bits per heavy atom. The lowest BCUT2D eigenvalue weighted by Crippen LogP contribution is -2.08. The topological polar surface area (TPSA) is 30.2 Å². The van der Waals surface area contributed by atoms with E-state index in [9.17, 15) is 13.2 Å². The Morgan fingerprint density at radius 1 is 1.40 bits per heavy atom. The van der Waals surface area contributed by atoms with Gasteiger partial charge in [-0.1, -0.05) is 0 Å². The van der Waals surface area contributed by atoms with Crippen LogP contribution in [0.1, 0.15) is 5.69 Å². The monoisotopic (exact) mass is 233 g/mol. The molecule has 2 heterocycles. The average Bonchev–Trinajstić information content (AvgIpc) is 2.57. The summed E-state index contributed by atoms with van der Waals surface area (Å²) in [6, 6.07) is 2.42. The van der Waals surface area contributed by atoms with E-state index in [1.54, 1.807) is 6.26 Å². The Balaban J connectivity index is 2.55. The molecule has 0 bridgehead atoms. The van der Waals surface area contributed by atoms with Crippen molar-refractivity contribution in [1.29, 1.82) is 0 Å². The molecular formula is C8H6F3N3S. The highest BCUT2D eigenvalue weighted by molar-refractivity contribution is 7.98. The van der Waals surface area contributed by atoms with Crippen molar-refractivity contribution in [1.82, 2.24) is 14.6 Å². The van der Waals surface area contributed by atoms with Gasteiger partial charge in [-0.05, 0) is 12.3 Å². The Kier molecular flexibility index (Phi) is 2.34. The SMILES string of the molecule is CSc1cc2nc(C(F)(F)F)ccn2n1. The first kappa shape index (κ1) is 10.3. The van der Waals surface area contributed by atoms with Gasteiger partial charge < -0.3 is 0 Å². The maximum atomic E-state index is 12.3. The van der Waals surface area contributed by atoms with Crippen LogP contribution >= 0.6 is 11.8 Å². The zero-order valence-electron chi connectivity index (χ0n) is 7.62. The Hall–Kier alpha value is -1.24. The van der Waals surface area contributed by atoms with Crippen LogP contribution in [-0.4, -0.2) is 20.9 Å². The van der Waals surface area contributed by atoms with Crippen LogP contribution in [0.15, 0.2) is 23.4 Å². The zero-order valence-corrected chi connectivity index (χ0v) is 8.43. The van der Waals surface area contributed by atoms with Gasteiger partial charge in [-0.3, -0.25) is 0 Å². The van der Waals surface area contributed by atoms with Crippen LogP contribution in [-0.2, 0) is 6.18 Å². The van der Waals surface area contributed by atoms with Gasteiger partial charge >= 0.3 is 6.18 Å². The number of rotatable bonds is 1. The first-order valence-electron chi connectivity index (χ1n) is 3.98. The fourth-order valence-electron chi connectivity index (χ4n) is 1.12. The average molecular weight is 233 g/mol. The summed E-state index contributed by atoms with van der Waals surface area (Å²) in [5.41, 5.74) is -0.697. The largest absolute Gasteiger partial charge is 0.433 e. The van der Waals surface area contributed by atoms with Crippen LogP contribution in [0.5, 0.6) is 0 Å². The van der Waals surface area contributed by atoms with Gasteiger partial charge in [0.25, 0.3) is 0 Å². The molecule has 2 aromatic heterocycles. The van der Waals surface area contributed by atoms with Gasteiger partial charge in [-0.15, -0.1) is 11.8 Å². The third-order valence-corrected chi connectivity index (χ3v) is 2.42. The number of hydrogen-bond acceptors (Lipinski definition) is 3. The van der Waals surface area contributed by atoms with E-state index in [0.29, 0.717) is 5.03 Å². The zero-order chi connectivity index (χ0) is 11.1. The lowest BCUT2D eigenvalue weighted by Gasteiger charge is -2.04. The summed E-state index contributed by atoms with van der Waals surface area (Å²) < 4.78 is 38.2. The normalized spacial score (nSPS) is 12.3. The molecule has 15 heavy (non-hydrogen) atoms. The van der Waals surface area contributed by atoms with Crippen LogP contribution in [0.2, 0.25) is 0 Å². The van der Waals surface area contributed by atoms with Crippen LogP contribution in [0.4, 0.5) is 13.2 Å². The van der Waals surface area contributed by atoms with Crippen molar-refractivity contribution < 1.29 is 13.2 Å². The fraction of sp³-hybridized carbons (Fsp3) is 0.250. The fourth-order valence-corrected chi connectivity index (χ4v) is 1.51. The summed E-state index contributed by atoms with van der Waals surface area (Å²) in [5.74, 6) is 0. The van der Waals surface area contributed by atoms with E-state index in [1.807, 2.05) is 0 Å². The summed E-state index contributed by atoms with van der Waals surface area (Å²) in [6.07, 6.45) is -1.36. The van der Waals surface area contributed by atoms with E-state index < -0.39 is 11.9 Å². The number of halogens is 3. The van der Waals surface area contributed by atoms with Crippen molar-refractivity contribution >= 4 is 17.4 Å². The molecule has 3 nitrogen and oxygen atoms in total. The highest BCUT2D eigenvalue weighted by atomic mass is 32.2. The number of aromatic nitrogens is 3. The number of alkyl halides is 3. The molecule has 0 fully saturated rings. The minimum atomic E-state index is -4.41. The van der Waals surface area contributed by atoms with Crippen molar-refractivity contribution in [2.45, 2.75) is 11.2 Å². The molecule has 0 aliphatic rings. The third-order valence-electron chi connectivity index (χ3n) is 1.80. The molecule has 0 amide bonds. The molecule has 0 aromatic carbocycles. The molecule has 0 saturated carbocycles. The molecule has 0 atom stereocenters. The van der Waals surface area contributed by atoms with Crippen molar-refractivity contribution in [2.75, 3.05) is 6.26 Å².